The smallest absolute Gasteiger partial charge is 0.306 e. The lowest BCUT2D eigenvalue weighted by Gasteiger charge is -2.18. The van der Waals surface area contributed by atoms with Crippen LogP contribution in [0.3, 0.4) is 0 Å². The van der Waals surface area contributed by atoms with Crippen LogP contribution in [0.4, 0.5) is 0 Å². The summed E-state index contributed by atoms with van der Waals surface area (Å²) in [6.45, 7) is 4.52. The number of carboxylic acids is 1. The standard InChI is InChI=1S/C34H66O4/c1-3-5-7-9-11-12-13-14-15-16-17-23-27-31-34(37)38-32(28-24-20-10-8-6-4-2)29-25-21-18-19-22-26-30-33(35)36/h32H,3-31H2,1-2H3,(H,35,36)/p-1. The predicted octanol–water partition coefficient (Wildman–Crippen LogP) is 10.0. The number of ether oxygens (including phenoxy) is 1. The second-order valence-corrected chi connectivity index (χ2v) is 11.7. The maximum absolute atomic E-state index is 12.5. The van der Waals surface area contributed by atoms with Crippen molar-refractivity contribution in [2.45, 2.75) is 206 Å². The van der Waals surface area contributed by atoms with Gasteiger partial charge in [0.2, 0.25) is 0 Å². The van der Waals surface area contributed by atoms with Crippen molar-refractivity contribution in [3.05, 3.63) is 0 Å². The van der Waals surface area contributed by atoms with Crippen LogP contribution >= 0.6 is 0 Å². The van der Waals surface area contributed by atoms with Gasteiger partial charge in [-0.1, -0.05) is 149 Å². The van der Waals surface area contributed by atoms with Gasteiger partial charge >= 0.3 is 5.97 Å². The molecule has 0 saturated heterocycles. The van der Waals surface area contributed by atoms with Crippen molar-refractivity contribution in [3.8, 4) is 0 Å². The normalized spacial score (nSPS) is 12.1. The maximum Gasteiger partial charge on any atom is 0.306 e. The van der Waals surface area contributed by atoms with Gasteiger partial charge in [0.15, 0.2) is 0 Å². The molecule has 1 atom stereocenters. The summed E-state index contributed by atoms with van der Waals surface area (Å²) < 4.78 is 5.95. The number of carboxylic acid groups (broad SMARTS) is 1. The Hall–Kier alpha value is -1.06. The van der Waals surface area contributed by atoms with E-state index < -0.39 is 5.97 Å². The van der Waals surface area contributed by atoms with E-state index in [2.05, 4.69) is 13.8 Å². The molecule has 0 heterocycles. The predicted molar refractivity (Wildman–Crippen MR) is 160 cm³/mol. The summed E-state index contributed by atoms with van der Waals surface area (Å²) in [5.41, 5.74) is 0. The second-order valence-electron chi connectivity index (χ2n) is 11.7. The minimum atomic E-state index is -0.942. The molecule has 0 aliphatic rings. The van der Waals surface area contributed by atoms with Crippen molar-refractivity contribution in [1.82, 2.24) is 0 Å². The summed E-state index contributed by atoms with van der Waals surface area (Å²) in [5.74, 6) is -0.936. The van der Waals surface area contributed by atoms with E-state index in [1.165, 1.54) is 103 Å². The van der Waals surface area contributed by atoms with Gasteiger partial charge in [0.25, 0.3) is 0 Å². The van der Waals surface area contributed by atoms with Gasteiger partial charge in [-0.05, 0) is 44.9 Å². The SMILES string of the molecule is CCCCCCCCCCCCCCCC(=O)OC(CCCCCCCC)CCCCCCCCC(=O)[O-]. The first kappa shape index (κ1) is 36.9. The molecular weight excluding hydrogens is 472 g/mol. The van der Waals surface area contributed by atoms with E-state index in [-0.39, 0.29) is 18.5 Å². The number of carbonyl (C=O) groups is 2. The van der Waals surface area contributed by atoms with E-state index in [0.717, 1.165) is 70.6 Å². The van der Waals surface area contributed by atoms with Gasteiger partial charge in [0.05, 0.1) is 0 Å². The summed E-state index contributed by atoms with van der Waals surface area (Å²) in [5, 5.41) is 10.5. The molecule has 0 aromatic heterocycles. The molecule has 0 aliphatic carbocycles. The van der Waals surface area contributed by atoms with Crippen LogP contribution in [-0.4, -0.2) is 18.0 Å². The fourth-order valence-electron chi connectivity index (χ4n) is 5.29. The molecule has 0 N–H and O–H groups in total. The lowest BCUT2D eigenvalue weighted by molar-refractivity contribution is -0.305. The van der Waals surface area contributed by atoms with Crippen LogP contribution in [0.5, 0.6) is 0 Å². The van der Waals surface area contributed by atoms with E-state index >= 15 is 0 Å². The van der Waals surface area contributed by atoms with Crippen molar-refractivity contribution >= 4 is 11.9 Å². The van der Waals surface area contributed by atoms with Crippen molar-refractivity contribution in [2.24, 2.45) is 0 Å². The highest BCUT2D eigenvalue weighted by Crippen LogP contribution is 2.19. The molecule has 0 rings (SSSR count). The number of rotatable bonds is 31. The molecule has 4 heteroatoms. The van der Waals surface area contributed by atoms with Gasteiger partial charge in [0.1, 0.15) is 6.10 Å². The van der Waals surface area contributed by atoms with Gasteiger partial charge < -0.3 is 14.6 Å². The summed E-state index contributed by atoms with van der Waals surface area (Å²) in [7, 11) is 0. The minimum Gasteiger partial charge on any atom is -0.550 e. The Bertz CT molecular complexity index is 505. The van der Waals surface area contributed by atoms with Crippen LogP contribution in [0.25, 0.3) is 0 Å². The average molecular weight is 538 g/mol. The highest BCUT2D eigenvalue weighted by atomic mass is 16.5. The van der Waals surface area contributed by atoms with Crippen molar-refractivity contribution in [3.63, 3.8) is 0 Å². The molecule has 38 heavy (non-hydrogen) atoms. The van der Waals surface area contributed by atoms with Crippen molar-refractivity contribution < 1.29 is 19.4 Å². The Labute approximate surface area is 237 Å². The number of hydrogen-bond acceptors (Lipinski definition) is 4. The first-order chi connectivity index (χ1) is 18.6. The van der Waals surface area contributed by atoms with E-state index in [4.69, 9.17) is 4.74 Å². The zero-order valence-electron chi connectivity index (χ0n) is 25.7. The monoisotopic (exact) mass is 537 g/mol. The number of hydrogen-bond donors (Lipinski definition) is 0. The summed E-state index contributed by atoms with van der Waals surface area (Å²) in [4.78, 5) is 23.0. The first-order valence-corrected chi connectivity index (χ1v) is 17.0. The quantitative estimate of drug-likeness (QED) is 0.0651. The second kappa shape index (κ2) is 30.5. The first-order valence-electron chi connectivity index (χ1n) is 17.0. The third-order valence-corrected chi connectivity index (χ3v) is 7.82. The third kappa shape index (κ3) is 29.5. The van der Waals surface area contributed by atoms with Gasteiger partial charge in [-0.15, -0.1) is 0 Å². The molecule has 0 aliphatic heterocycles. The fourth-order valence-corrected chi connectivity index (χ4v) is 5.29. The Balaban J connectivity index is 3.92. The number of esters is 1. The zero-order chi connectivity index (χ0) is 27.9. The summed E-state index contributed by atoms with van der Waals surface area (Å²) in [6.07, 6.45) is 33.6. The Kier molecular flexibility index (Phi) is 29.6. The van der Waals surface area contributed by atoms with Gasteiger partial charge in [-0.3, -0.25) is 4.79 Å². The molecule has 0 radical (unpaired) electrons. The topological polar surface area (TPSA) is 66.4 Å². The van der Waals surface area contributed by atoms with E-state index in [0.29, 0.717) is 6.42 Å². The summed E-state index contributed by atoms with van der Waals surface area (Å²) in [6, 6.07) is 0. The maximum atomic E-state index is 12.5. The zero-order valence-corrected chi connectivity index (χ0v) is 25.7. The Morgan fingerprint density at radius 1 is 0.474 bits per heavy atom. The van der Waals surface area contributed by atoms with Crippen LogP contribution in [0.1, 0.15) is 200 Å². The Morgan fingerprint density at radius 3 is 1.16 bits per heavy atom. The lowest BCUT2D eigenvalue weighted by Crippen LogP contribution is -2.21. The van der Waals surface area contributed by atoms with Crippen molar-refractivity contribution in [2.75, 3.05) is 0 Å². The number of aliphatic carboxylic acids is 1. The van der Waals surface area contributed by atoms with E-state index in [1.807, 2.05) is 0 Å². The van der Waals surface area contributed by atoms with Gasteiger partial charge in [-0.25, -0.2) is 0 Å². The van der Waals surface area contributed by atoms with E-state index in [9.17, 15) is 14.7 Å². The van der Waals surface area contributed by atoms with Gasteiger partial charge in [0, 0.05) is 12.4 Å². The molecule has 0 spiro atoms. The fraction of sp³-hybridized carbons (Fsp3) is 0.941. The lowest BCUT2D eigenvalue weighted by atomic mass is 10.0. The molecule has 0 fully saturated rings. The number of unbranched alkanes of at least 4 members (excludes halogenated alkanes) is 22. The molecular formula is C34H65O4-. The van der Waals surface area contributed by atoms with Crippen molar-refractivity contribution in [1.29, 1.82) is 0 Å². The highest BCUT2D eigenvalue weighted by molar-refractivity contribution is 5.69. The van der Waals surface area contributed by atoms with Crippen LogP contribution in [0, 0.1) is 0 Å². The van der Waals surface area contributed by atoms with Crippen LogP contribution in [-0.2, 0) is 14.3 Å². The minimum absolute atomic E-state index is 0.00587. The van der Waals surface area contributed by atoms with Crippen LogP contribution < -0.4 is 5.11 Å². The molecule has 1 unspecified atom stereocenters. The molecule has 226 valence electrons. The molecule has 0 aromatic carbocycles. The van der Waals surface area contributed by atoms with Gasteiger partial charge in [-0.2, -0.15) is 0 Å². The molecule has 0 amide bonds. The summed E-state index contributed by atoms with van der Waals surface area (Å²) >= 11 is 0. The van der Waals surface area contributed by atoms with Crippen LogP contribution in [0.15, 0.2) is 0 Å². The third-order valence-electron chi connectivity index (χ3n) is 7.82. The highest BCUT2D eigenvalue weighted by Gasteiger charge is 2.14. The largest absolute Gasteiger partial charge is 0.550 e. The Morgan fingerprint density at radius 2 is 0.789 bits per heavy atom. The molecule has 0 bridgehead atoms. The van der Waals surface area contributed by atoms with E-state index in [1.54, 1.807) is 0 Å². The molecule has 0 aromatic rings. The number of carbonyl (C=O) groups excluding carboxylic acids is 2. The molecule has 0 saturated carbocycles. The molecule has 4 nitrogen and oxygen atoms in total. The average Bonchev–Trinajstić information content (AvgIpc) is 2.89. The van der Waals surface area contributed by atoms with Crippen LogP contribution in [0.2, 0.25) is 0 Å².